The van der Waals surface area contributed by atoms with Crippen molar-refractivity contribution in [3.63, 3.8) is 0 Å². The summed E-state index contributed by atoms with van der Waals surface area (Å²) in [6.45, 7) is 0.322. The second-order valence-electron chi connectivity index (χ2n) is 8.02. The quantitative estimate of drug-likeness (QED) is 0.228. The van der Waals surface area contributed by atoms with Gasteiger partial charge in [0.15, 0.2) is 5.11 Å². The first-order valence-electron chi connectivity index (χ1n) is 10.9. The Morgan fingerprint density at radius 1 is 1.08 bits per heavy atom. The third-order valence-corrected chi connectivity index (χ3v) is 6.20. The third-order valence-electron chi connectivity index (χ3n) is 5.66. The van der Waals surface area contributed by atoms with E-state index in [0.717, 1.165) is 10.9 Å². The molecule has 0 aliphatic carbocycles. The number of rotatable bonds is 6. The lowest BCUT2D eigenvalue weighted by atomic mass is 10.1. The number of furan rings is 1. The lowest BCUT2D eigenvalue weighted by Gasteiger charge is -2.28. The average Bonchev–Trinajstić information content (AvgIpc) is 3.50. The van der Waals surface area contributed by atoms with Crippen LogP contribution in [-0.4, -0.2) is 27.4 Å². The van der Waals surface area contributed by atoms with Gasteiger partial charge in [0, 0.05) is 27.7 Å². The Balaban J connectivity index is 1.45. The zero-order valence-corrected chi connectivity index (χ0v) is 20.3. The van der Waals surface area contributed by atoms with Crippen molar-refractivity contribution >= 4 is 69.3 Å². The van der Waals surface area contributed by atoms with Gasteiger partial charge < -0.3 is 14.3 Å². The number of hydrogen-bond acceptors (Lipinski definition) is 5. The highest BCUT2D eigenvalue weighted by molar-refractivity contribution is 7.80. The molecular formula is C26H19ClN4O4S. The molecule has 10 heteroatoms. The Morgan fingerprint density at radius 2 is 1.86 bits per heavy atom. The smallest absolute Gasteiger partial charge is 0.270 e. The fraction of sp³-hybridized carbons (Fsp3) is 0.0769. The maximum absolute atomic E-state index is 13.4. The van der Waals surface area contributed by atoms with Crippen LogP contribution in [0.4, 0.5) is 5.69 Å². The molecule has 8 nitrogen and oxygen atoms in total. The van der Waals surface area contributed by atoms with Gasteiger partial charge >= 0.3 is 0 Å². The number of amides is 3. The monoisotopic (exact) mass is 518 g/mol. The van der Waals surface area contributed by atoms with Crippen LogP contribution in [0.2, 0.25) is 5.02 Å². The van der Waals surface area contributed by atoms with Gasteiger partial charge in [0.25, 0.3) is 11.8 Å². The van der Waals surface area contributed by atoms with Crippen molar-refractivity contribution in [1.29, 1.82) is 0 Å². The minimum absolute atomic E-state index is 0.0138. The molecule has 0 bridgehead atoms. The van der Waals surface area contributed by atoms with Crippen molar-refractivity contribution in [2.24, 2.45) is 0 Å². The molecule has 0 radical (unpaired) electrons. The number of hydrogen-bond donors (Lipinski definition) is 2. The van der Waals surface area contributed by atoms with E-state index in [1.165, 1.54) is 11.0 Å². The summed E-state index contributed by atoms with van der Waals surface area (Å²) in [7, 11) is 0. The molecule has 1 aliphatic heterocycles. The maximum Gasteiger partial charge on any atom is 0.270 e. The minimum atomic E-state index is -0.594. The number of carbonyl (C=O) groups is 3. The summed E-state index contributed by atoms with van der Waals surface area (Å²) in [5.74, 6) is -0.712. The zero-order valence-electron chi connectivity index (χ0n) is 18.7. The van der Waals surface area contributed by atoms with Crippen LogP contribution < -0.4 is 15.5 Å². The van der Waals surface area contributed by atoms with Crippen molar-refractivity contribution in [3.05, 3.63) is 95.0 Å². The number of nitrogens with zero attached hydrogens (tertiary/aromatic N) is 2. The highest BCUT2D eigenvalue weighted by Crippen LogP contribution is 2.27. The summed E-state index contributed by atoms with van der Waals surface area (Å²) in [6.07, 6.45) is 4.80. The second-order valence-corrected chi connectivity index (χ2v) is 8.84. The lowest BCUT2D eigenvalue weighted by Crippen LogP contribution is -2.54. The van der Waals surface area contributed by atoms with E-state index in [4.69, 9.17) is 28.2 Å². The first-order valence-corrected chi connectivity index (χ1v) is 11.7. The molecule has 2 N–H and O–H groups in total. The maximum atomic E-state index is 13.4. The van der Waals surface area contributed by atoms with E-state index in [1.807, 2.05) is 24.3 Å². The summed E-state index contributed by atoms with van der Waals surface area (Å²) in [5, 5.41) is 6.68. The summed E-state index contributed by atoms with van der Waals surface area (Å²) in [5.41, 5.74) is 1.80. The highest BCUT2D eigenvalue weighted by Gasteiger charge is 2.34. The fourth-order valence-corrected chi connectivity index (χ4v) is 4.38. The van der Waals surface area contributed by atoms with Crippen molar-refractivity contribution in [2.75, 3.05) is 4.90 Å². The van der Waals surface area contributed by atoms with Crippen LogP contribution in [0.25, 0.3) is 17.0 Å². The molecule has 180 valence electrons. The topological polar surface area (TPSA) is 96.6 Å². The molecule has 3 amide bonds. The Labute approximate surface area is 216 Å². The second kappa shape index (κ2) is 9.80. The normalized spacial score (nSPS) is 15.0. The van der Waals surface area contributed by atoms with E-state index >= 15 is 0 Å². The number of aromatic nitrogens is 1. The molecule has 1 fully saturated rings. The van der Waals surface area contributed by atoms with Gasteiger partial charge in [0.05, 0.1) is 18.5 Å². The number of anilines is 1. The molecular weight excluding hydrogens is 500 g/mol. The van der Waals surface area contributed by atoms with Gasteiger partial charge in [-0.25, -0.2) is 0 Å². The Bertz CT molecular complexity index is 1520. The van der Waals surface area contributed by atoms with Gasteiger partial charge in [0.2, 0.25) is 5.91 Å². The molecule has 1 aliphatic rings. The lowest BCUT2D eigenvalue weighted by molar-refractivity contribution is -0.123. The van der Waals surface area contributed by atoms with Crippen LogP contribution in [-0.2, 0) is 27.5 Å². The van der Waals surface area contributed by atoms with Crippen LogP contribution in [0.1, 0.15) is 11.3 Å². The van der Waals surface area contributed by atoms with E-state index in [2.05, 4.69) is 10.6 Å². The summed E-state index contributed by atoms with van der Waals surface area (Å²) in [6, 6.07) is 17.5. The summed E-state index contributed by atoms with van der Waals surface area (Å²) in [4.78, 5) is 39.9. The molecule has 5 rings (SSSR count). The SMILES string of the molecule is O=C(Cn1cc(/C=C2\C(=O)NC(=S)N(c3ccc(Cl)cc3)C2=O)c2ccccc21)NCc1ccco1. The van der Waals surface area contributed by atoms with E-state index in [-0.39, 0.29) is 29.7 Å². The highest BCUT2D eigenvalue weighted by atomic mass is 35.5. The number of benzene rings is 2. The van der Waals surface area contributed by atoms with Crippen LogP contribution in [0.15, 0.2) is 83.1 Å². The molecule has 1 saturated heterocycles. The van der Waals surface area contributed by atoms with Crippen molar-refractivity contribution in [2.45, 2.75) is 13.1 Å². The van der Waals surface area contributed by atoms with Crippen molar-refractivity contribution in [1.82, 2.24) is 15.2 Å². The predicted octanol–water partition coefficient (Wildman–Crippen LogP) is 4.04. The van der Waals surface area contributed by atoms with E-state index in [9.17, 15) is 14.4 Å². The van der Waals surface area contributed by atoms with Crippen molar-refractivity contribution < 1.29 is 18.8 Å². The minimum Gasteiger partial charge on any atom is -0.467 e. The van der Waals surface area contributed by atoms with Gasteiger partial charge in [-0.3, -0.25) is 24.6 Å². The van der Waals surface area contributed by atoms with E-state index in [1.54, 1.807) is 53.4 Å². The van der Waals surface area contributed by atoms with Crippen LogP contribution >= 0.6 is 23.8 Å². The fourth-order valence-electron chi connectivity index (χ4n) is 3.97. The van der Waals surface area contributed by atoms with Crippen LogP contribution in [0, 0.1) is 0 Å². The summed E-state index contributed by atoms with van der Waals surface area (Å²) >= 11 is 11.2. The van der Waals surface area contributed by atoms with Gasteiger partial charge in [0.1, 0.15) is 17.9 Å². The van der Waals surface area contributed by atoms with Gasteiger partial charge in [-0.1, -0.05) is 29.8 Å². The molecule has 2 aromatic carbocycles. The van der Waals surface area contributed by atoms with E-state index < -0.39 is 11.8 Å². The number of fused-ring (bicyclic) bond motifs is 1. The van der Waals surface area contributed by atoms with Gasteiger partial charge in [-0.05, 0) is 60.8 Å². The van der Waals surface area contributed by atoms with Gasteiger partial charge in [-0.2, -0.15) is 0 Å². The number of nitrogens with one attached hydrogen (secondary N) is 2. The summed E-state index contributed by atoms with van der Waals surface area (Å²) < 4.78 is 7.02. The van der Waals surface area contributed by atoms with E-state index in [0.29, 0.717) is 22.0 Å². The molecule has 0 unspecified atom stereocenters. The Hall–Kier alpha value is -4.21. The molecule has 2 aromatic heterocycles. The number of para-hydroxylation sites is 1. The first-order chi connectivity index (χ1) is 17.4. The number of thiocarbonyl (C=S) groups is 1. The largest absolute Gasteiger partial charge is 0.467 e. The van der Waals surface area contributed by atoms with Crippen LogP contribution in [0.3, 0.4) is 0 Å². The van der Waals surface area contributed by atoms with Gasteiger partial charge in [-0.15, -0.1) is 0 Å². The molecule has 0 atom stereocenters. The average molecular weight is 519 g/mol. The first kappa shape index (κ1) is 23.5. The van der Waals surface area contributed by atoms with Crippen LogP contribution in [0.5, 0.6) is 0 Å². The molecule has 36 heavy (non-hydrogen) atoms. The molecule has 4 aromatic rings. The Kier molecular flexibility index (Phi) is 6.41. The number of carbonyl (C=O) groups excluding carboxylic acids is 3. The third kappa shape index (κ3) is 4.66. The van der Waals surface area contributed by atoms with Crippen molar-refractivity contribution in [3.8, 4) is 0 Å². The molecule has 3 heterocycles. The standard InChI is InChI=1S/C26H19ClN4O4S/c27-17-7-9-18(10-8-17)31-25(34)21(24(33)29-26(31)36)12-16-14-30(22-6-2-1-5-20(16)22)15-23(32)28-13-19-4-3-11-35-19/h1-12,14H,13,15H2,(H,28,32)(H,29,33,36)/b21-12+. The molecule has 0 saturated carbocycles. The zero-order chi connectivity index (χ0) is 25.2. The molecule has 0 spiro atoms. The number of halogens is 1. The Morgan fingerprint density at radius 3 is 2.61 bits per heavy atom. The predicted molar refractivity (Wildman–Crippen MR) is 140 cm³/mol.